The highest BCUT2D eigenvalue weighted by molar-refractivity contribution is 5.91. The number of ether oxygens (including phenoxy) is 4. The van der Waals surface area contributed by atoms with Crippen LogP contribution in [-0.4, -0.2) is 51.9 Å². The van der Waals surface area contributed by atoms with E-state index in [1.54, 1.807) is 78.9 Å². The van der Waals surface area contributed by atoms with Crippen LogP contribution >= 0.6 is 0 Å². The summed E-state index contributed by atoms with van der Waals surface area (Å²) in [7, 11) is 0. The summed E-state index contributed by atoms with van der Waals surface area (Å²) in [6, 6.07) is 25.5. The lowest BCUT2D eigenvalue weighted by molar-refractivity contribution is -0.111. The average molecular weight is 571 g/mol. The lowest BCUT2D eigenvalue weighted by Crippen LogP contribution is -2.52. The second-order valence-corrected chi connectivity index (χ2v) is 9.64. The summed E-state index contributed by atoms with van der Waals surface area (Å²) in [5.74, 6) is -2.22. The van der Waals surface area contributed by atoms with E-state index in [4.69, 9.17) is 18.9 Å². The SMILES string of the molecule is C[C@]1(OC(=O)c2ccccc2)C(n2ccc(=O)[nH]c2=O)O[C@H](COC(=O)c2ccccc2)[C@H]1OC(=O)c1ccccc1. The summed E-state index contributed by atoms with van der Waals surface area (Å²) < 4.78 is 24.6. The number of rotatable bonds is 8. The van der Waals surface area contributed by atoms with Gasteiger partial charge in [-0.3, -0.25) is 14.3 Å². The van der Waals surface area contributed by atoms with Gasteiger partial charge in [0, 0.05) is 12.3 Å². The van der Waals surface area contributed by atoms with Crippen molar-refractivity contribution in [1.82, 2.24) is 9.55 Å². The largest absolute Gasteiger partial charge is 0.459 e. The van der Waals surface area contributed by atoms with E-state index < -0.39 is 59.8 Å². The minimum absolute atomic E-state index is 0.193. The number of hydrogen-bond donors (Lipinski definition) is 1. The maximum Gasteiger partial charge on any atom is 0.338 e. The molecule has 3 aromatic carbocycles. The monoisotopic (exact) mass is 570 g/mol. The molecule has 5 rings (SSSR count). The lowest BCUT2D eigenvalue weighted by atomic mass is 9.95. The van der Waals surface area contributed by atoms with E-state index in [9.17, 15) is 24.0 Å². The molecule has 1 unspecified atom stereocenters. The van der Waals surface area contributed by atoms with Crippen molar-refractivity contribution in [3.8, 4) is 0 Å². The van der Waals surface area contributed by atoms with Crippen LogP contribution in [0.4, 0.5) is 0 Å². The molecule has 1 aliphatic rings. The number of aromatic nitrogens is 2. The van der Waals surface area contributed by atoms with Gasteiger partial charge < -0.3 is 18.9 Å². The van der Waals surface area contributed by atoms with Crippen molar-refractivity contribution in [2.75, 3.05) is 6.61 Å². The smallest absolute Gasteiger partial charge is 0.338 e. The van der Waals surface area contributed by atoms with Gasteiger partial charge in [-0.25, -0.2) is 19.2 Å². The van der Waals surface area contributed by atoms with E-state index in [1.807, 2.05) is 0 Å². The van der Waals surface area contributed by atoms with Gasteiger partial charge in [0.05, 0.1) is 16.7 Å². The van der Waals surface area contributed by atoms with Gasteiger partial charge in [0.15, 0.2) is 17.9 Å². The standard InChI is InChI=1S/C31H26N2O9/c1-31(42-28(37)22-15-9-4-10-16-22)25(41-27(36)21-13-7-3-8-14-21)23(19-39-26(35)20-11-5-2-6-12-20)40-29(31)33-18-17-24(34)32-30(33)38/h2-18,23,25,29H,19H2,1H3,(H,32,34,38)/t23-,25-,29?,31-/m1/s1. The Kier molecular flexibility index (Phi) is 8.12. The summed E-state index contributed by atoms with van der Waals surface area (Å²) in [4.78, 5) is 66.2. The molecule has 214 valence electrons. The number of benzene rings is 3. The van der Waals surface area contributed by atoms with E-state index in [0.29, 0.717) is 0 Å². The number of carbonyl (C=O) groups excluding carboxylic acids is 3. The molecule has 0 bridgehead atoms. The van der Waals surface area contributed by atoms with E-state index in [2.05, 4.69) is 4.98 Å². The fraction of sp³-hybridized carbons (Fsp3) is 0.194. The predicted octanol–water partition coefficient (Wildman–Crippen LogP) is 3.13. The Bertz CT molecular complexity index is 1690. The Labute approximate surface area is 239 Å². The summed E-state index contributed by atoms with van der Waals surface area (Å²) in [6.45, 7) is 1.02. The van der Waals surface area contributed by atoms with Crippen molar-refractivity contribution < 1.29 is 33.3 Å². The van der Waals surface area contributed by atoms with Gasteiger partial charge in [0.25, 0.3) is 5.56 Å². The van der Waals surface area contributed by atoms with Crippen molar-refractivity contribution in [3.05, 3.63) is 141 Å². The van der Waals surface area contributed by atoms with Crippen LogP contribution in [0.15, 0.2) is 113 Å². The zero-order valence-corrected chi connectivity index (χ0v) is 22.4. The number of carbonyl (C=O) groups is 3. The van der Waals surface area contributed by atoms with Crippen molar-refractivity contribution in [3.63, 3.8) is 0 Å². The number of nitrogens with one attached hydrogen (secondary N) is 1. The summed E-state index contributed by atoms with van der Waals surface area (Å²) in [5, 5.41) is 0. The second kappa shape index (κ2) is 12.1. The molecular weight excluding hydrogens is 544 g/mol. The average Bonchev–Trinajstić information content (AvgIpc) is 3.27. The molecule has 4 atom stereocenters. The Hall–Kier alpha value is -5.29. The third kappa shape index (κ3) is 5.91. The van der Waals surface area contributed by atoms with Crippen LogP contribution in [0.2, 0.25) is 0 Å². The van der Waals surface area contributed by atoms with Gasteiger partial charge in [0.2, 0.25) is 0 Å². The van der Waals surface area contributed by atoms with Gasteiger partial charge in [-0.1, -0.05) is 54.6 Å². The molecule has 4 aromatic rings. The predicted molar refractivity (Wildman–Crippen MR) is 148 cm³/mol. The van der Waals surface area contributed by atoms with Gasteiger partial charge in [-0.2, -0.15) is 0 Å². The number of hydrogen-bond acceptors (Lipinski definition) is 9. The first-order valence-electron chi connectivity index (χ1n) is 13.0. The fourth-order valence-corrected chi connectivity index (χ4v) is 4.67. The highest BCUT2D eigenvalue weighted by atomic mass is 16.7. The molecule has 1 saturated heterocycles. The van der Waals surface area contributed by atoms with Crippen LogP contribution in [0.5, 0.6) is 0 Å². The van der Waals surface area contributed by atoms with E-state index in [-0.39, 0.29) is 16.7 Å². The van der Waals surface area contributed by atoms with Crippen LogP contribution in [0, 0.1) is 0 Å². The summed E-state index contributed by atoms with van der Waals surface area (Å²) in [5.41, 5.74) is -2.68. The van der Waals surface area contributed by atoms with Crippen molar-refractivity contribution in [2.24, 2.45) is 0 Å². The summed E-state index contributed by atoms with van der Waals surface area (Å²) >= 11 is 0. The number of H-pyrrole nitrogens is 1. The topological polar surface area (TPSA) is 143 Å². The normalized spacial score (nSPS) is 21.3. The van der Waals surface area contributed by atoms with Gasteiger partial charge in [-0.15, -0.1) is 0 Å². The Balaban J connectivity index is 1.54. The second-order valence-electron chi connectivity index (χ2n) is 9.64. The van der Waals surface area contributed by atoms with Crippen LogP contribution < -0.4 is 11.2 Å². The molecule has 0 spiro atoms. The molecule has 42 heavy (non-hydrogen) atoms. The third-order valence-electron chi connectivity index (χ3n) is 6.75. The highest BCUT2D eigenvalue weighted by Gasteiger charge is 2.60. The number of esters is 3. The first-order valence-corrected chi connectivity index (χ1v) is 13.0. The molecule has 1 N–H and O–H groups in total. The lowest BCUT2D eigenvalue weighted by Gasteiger charge is -2.34. The zero-order chi connectivity index (χ0) is 29.7. The van der Waals surface area contributed by atoms with Gasteiger partial charge in [-0.05, 0) is 43.3 Å². The molecule has 0 radical (unpaired) electrons. The van der Waals surface area contributed by atoms with Crippen molar-refractivity contribution >= 4 is 17.9 Å². The first kappa shape index (κ1) is 28.2. The minimum atomic E-state index is -1.84. The fourth-order valence-electron chi connectivity index (χ4n) is 4.67. The molecule has 0 aliphatic carbocycles. The quantitative estimate of drug-likeness (QED) is 0.250. The molecule has 11 nitrogen and oxygen atoms in total. The maximum atomic E-state index is 13.3. The van der Waals surface area contributed by atoms with Crippen molar-refractivity contribution in [1.29, 1.82) is 0 Å². The van der Waals surface area contributed by atoms with E-state index in [1.165, 1.54) is 25.3 Å². The molecule has 0 saturated carbocycles. The summed E-state index contributed by atoms with van der Waals surface area (Å²) in [6.07, 6.45) is -2.79. The van der Waals surface area contributed by atoms with Gasteiger partial charge >= 0.3 is 23.6 Å². The van der Waals surface area contributed by atoms with Crippen LogP contribution in [0.1, 0.15) is 44.2 Å². The van der Waals surface area contributed by atoms with Crippen LogP contribution in [0.3, 0.4) is 0 Å². The van der Waals surface area contributed by atoms with Crippen LogP contribution in [0.25, 0.3) is 0 Å². The number of nitrogens with zero attached hydrogens (tertiary/aromatic N) is 1. The maximum absolute atomic E-state index is 13.3. The molecular formula is C31H26N2O9. The van der Waals surface area contributed by atoms with Crippen molar-refractivity contribution in [2.45, 2.75) is 31.0 Å². The highest BCUT2D eigenvalue weighted by Crippen LogP contribution is 2.43. The Morgan fingerprint density at radius 2 is 1.31 bits per heavy atom. The number of aromatic amines is 1. The zero-order valence-electron chi connectivity index (χ0n) is 22.4. The van der Waals surface area contributed by atoms with Gasteiger partial charge in [0.1, 0.15) is 12.7 Å². The molecule has 1 aliphatic heterocycles. The van der Waals surface area contributed by atoms with E-state index in [0.717, 1.165) is 10.6 Å². The Morgan fingerprint density at radius 1 is 0.786 bits per heavy atom. The molecule has 1 fully saturated rings. The first-order chi connectivity index (χ1) is 20.3. The van der Waals surface area contributed by atoms with E-state index >= 15 is 0 Å². The molecule has 11 heteroatoms. The molecule has 0 amide bonds. The minimum Gasteiger partial charge on any atom is -0.459 e. The molecule has 1 aromatic heterocycles. The Morgan fingerprint density at radius 3 is 1.86 bits per heavy atom. The third-order valence-corrected chi connectivity index (χ3v) is 6.75. The van der Waals surface area contributed by atoms with Crippen LogP contribution in [-0.2, 0) is 18.9 Å². The molecule has 2 heterocycles.